The summed E-state index contributed by atoms with van der Waals surface area (Å²) < 4.78 is 10.6. The molecule has 3 atom stereocenters. The highest BCUT2D eigenvalue weighted by Gasteiger charge is 2.33. The Hall–Kier alpha value is -3.62. The zero-order valence-corrected chi connectivity index (χ0v) is 23.4. The first kappa shape index (κ1) is 30.6. The average Bonchev–Trinajstić information content (AvgIpc) is 3.35. The normalized spacial score (nSPS) is 13.9. The lowest BCUT2D eigenvalue weighted by atomic mass is 9.96. The van der Waals surface area contributed by atoms with Gasteiger partial charge < -0.3 is 25.1 Å². The van der Waals surface area contributed by atoms with Crippen LogP contribution < -0.4 is 16.0 Å². The lowest BCUT2D eigenvalue weighted by Gasteiger charge is -2.28. The lowest BCUT2D eigenvalue weighted by Crippen LogP contribution is -2.57. The number of rotatable bonds is 12. The molecule has 0 saturated heterocycles. The van der Waals surface area contributed by atoms with Gasteiger partial charge in [0, 0.05) is 6.42 Å². The number of amides is 3. The molecule has 0 aliphatic heterocycles. The predicted molar refractivity (Wildman–Crippen MR) is 144 cm³/mol. The average molecular weight is 528 g/mol. The Morgan fingerprint density at radius 2 is 1.47 bits per heavy atom. The molecule has 0 bridgehead atoms. The number of hydrogen-bond acceptors (Lipinski definition) is 6. The van der Waals surface area contributed by atoms with Crippen LogP contribution >= 0.6 is 0 Å². The third kappa shape index (κ3) is 10.0. The van der Waals surface area contributed by atoms with Gasteiger partial charge in [0.05, 0.1) is 12.3 Å². The topological polar surface area (TPSA) is 127 Å². The number of carbonyl (C=O) groups excluding carboxylic acids is 4. The number of carbonyl (C=O) groups is 4. The highest BCUT2D eigenvalue weighted by molar-refractivity contribution is 6.01. The van der Waals surface area contributed by atoms with Crippen molar-refractivity contribution in [2.75, 3.05) is 0 Å². The Labute approximate surface area is 225 Å². The van der Waals surface area contributed by atoms with Gasteiger partial charge in [0.25, 0.3) is 0 Å². The minimum atomic E-state index is -0.986. The Balaban J connectivity index is 2.23. The van der Waals surface area contributed by atoms with Crippen molar-refractivity contribution < 1.29 is 28.3 Å². The fourth-order valence-corrected chi connectivity index (χ4v) is 3.84. The third-order valence-electron chi connectivity index (χ3n) is 5.64. The molecule has 1 aromatic heterocycles. The summed E-state index contributed by atoms with van der Waals surface area (Å²) in [4.78, 5) is 52.3. The highest BCUT2D eigenvalue weighted by atomic mass is 16.6. The summed E-state index contributed by atoms with van der Waals surface area (Å²) in [6.45, 7) is 12.7. The first-order valence-electron chi connectivity index (χ1n) is 13.0. The van der Waals surface area contributed by atoms with Crippen LogP contribution in [0.25, 0.3) is 0 Å². The summed E-state index contributed by atoms with van der Waals surface area (Å²) in [7, 11) is 0. The molecule has 3 N–H and O–H groups in total. The first-order chi connectivity index (χ1) is 17.8. The number of hydrogen-bond donors (Lipinski definition) is 3. The van der Waals surface area contributed by atoms with Gasteiger partial charge in [-0.2, -0.15) is 0 Å². The summed E-state index contributed by atoms with van der Waals surface area (Å²) in [5.74, 6) is -1.36. The molecule has 2 rings (SSSR count). The van der Waals surface area contributed by atoms with E-state index in [1.165, 1.54) is 6.26 Å². The van der Waals surface area contributed by atoms with E-state index < -0.39 is 41.6 Å². The summed E-state index contributed by atoms with van der Waals surface area (Å²) >= 11 is 0. The minimum absolute atomic E-state index is 0.0655. The summed E-state index contributed by atoms with van der Waals surface area (Å²) in [5.41, 5.74) is 0.0853. The van der Waals surface area contributed by atoms with Crippen molar-refractivity contribution in [1.29, 1.82) is 0 Å². The van der Waals surface area contributed by atoms with Gasteiger partial charge in [0.2, 0.25) is 17.6 Å². The maximum atomic E-state index is 13.4. The maximum absolute atomic E-state index is 13.4. The van der Waals surface area contributed by atoms with Crippen LogP contribution in [0.1, 0.15) is 71.0 Å². The van der Waals surface area contributed by atoms with Crippen molar-refractivity contribution in [3.05, 3.63) is 60.1 Å². The monoisotopic (exact) mass is 527 g/mol. The lowest BCUT2D eigenvalue weighted by molar-refractivity contribution is -0.130. The standard InChI is InChI=1S/C29H41N3O6/c1-18(2)16-21(27(35)32-24(19(3)4)25(33)23-14-11-15-37-23)30-26(34)22(17-20-12-9-8-10-13-20)31-28(36)38-29(5,6)7/h8-15,18-19,21-22,24H,16-17H2,1-7H3,(H,30,34)(H,31,36)(H,32,35)/t21-,22-,24-/m0/s1. The van der Waals surface area contributed by atoms with Gasteiger partial charge in [-0.15, -0.1) is 0 Å². The van der Waals surface area contributed by atoms with Crippen LogP contribution in [0.15, 0.2) is 53.1 Å². The van der Waals surface area contributed by atoms with Gasteiger partial charge in [0.15, 0.2) is 5.76 Å². The van der Waals surface area contributed by atoms with Crippen LogP contribution in [0.2, 0.25) is 0 Å². The van der Waals surface area contributed by atoms with Crippen molar-refractivity contribution in [3.63, 3.8) is 0 Å². The van der Waals surface area contributed by atoms with E-state index in [0.717, 1.165) is 5.56 Å². The van der Waals surface area contributed by atoms with Crippen molar-refractivity contribution in [2.45, 2.75) is 85.0 Å². The molecule has 3 amide bonds. The number of ketones is 1. The van der Waals surface area contributed by atoms with Crippen molar-refractivity contribution >= 4 is 23.7 Å². The Morgan fingerprint density at radius 1 is 0.842 bits per heavy atom. The van der Waals surface area contributed by atoms with Gasteiger partial charge in [-0.3, -0.25) is 14.4 Å². The quantitative estimate of drug-likeness (QED) is 0.354. The summed E-state index contributed by atoms with van der Waals surface area (Å²) in [6.07, 6.45) is 1.20. The van der Waals surface area contributed by atoms with E-state index in [9.17, 15) is 19.2 Å². The van der Waals surface area contributed by atoms with E-state index in [-0.39, 0.29) is 29.8 Å². The molecule has 9 heteroatoms. The van der Waals surface area contributed by atoms with Gasteiger partial charge in [-0.05, 0) is 56.7 Å². The van der Waals surface area contributed by atoms with Gasteiger partial charge in [-0.25, -0.2) is 4.79 Å². The number of nitrogens with one attached hydrogen (secondary N) is 3. The molecular formula is C29H41N3O6. The third-order valence-corrected chi connectivity index (χ3v) is 5.64. The Bertz CT molecular complexity index is 1060. The number of ether oxygens (including phenoxy) is 1. The van der Waals surface area contributed by atoms with Crippen LogP contribution in [0.3, 0.4) is 0 Å². The molecule has 2 aromatic rings. The molecule has 0 radical (unpaired) electrons. The van der Waals surface area contributed by atoms with Crippen LogP contribution in [-0.2, 0) is 20.7 Å². The molecule has 1 aromatic carbocycles. The van der Waals surface area contributed by atoms with Gasteiger partial charge in [0.1, 0.15) is 17.7 Å². The van der Waals surface area contributed by atoms with Crippen LogP contribution in [0.5, 0.6) is 0 Å². The molecule has 208 valence electrons. The van der Waals surface area contributed by atoms with Crippen molar-refractivity contribution in [1.82, 2.24) is 16.0 Å². The first-order valence-corrected chi connectivity index (χ1v) is 13.0. The van der Waals surface area contributed by atoms with Crippen LogP contribution in [-0.4, -0.2) is 47.4 Å². The summed E-state index contributed by atoms with van der Waals surface area (Å²) in [5, 5.41) is 8.24. The van der Waals surface area contributed by atoms with Gasteiger partial charge in [-0.1, -0.05) is 58.0 Å². The SMILES string of the molecule is CC(C)C[C@H](NC(=O)[C@H](Cc1ccccc1)NC(=O)OC(C)(C)C)C(=O)N[C@H](C(=O)c1ccco1)C(C)C. The van der Waals surface area contributed by atoms with E-state index in [2.05, 4.69) is 16.0 Å². The van der Waals surface area contributed by atoms with Crippen LogP contribution in [0, 0.1) is 11.8 Å². The summed E-state index contributed by atoms with van der Waals surface area (Å²) in [6, 6.07) is 9.66. The van der Waals surface area contributed by atoms with E-state index in [1.54, 1.807) is 32.9 Å². The number of Topliss-reactive ketones (excluding diaryl/α,β-unsaturated/α-hetero) is 1. The highest BCUT2D eigenvalue weighted by Crippen LogP contribution is 2.14. The second-order valence-corrected chi connectivity index (χ2v) is 11.2. The van der Waals surface area contributed by atoms with E-state index in [0.29, 0.717) is 6.42 Å². The molecule has 1 heterocycles. The minimum Gasteiger partial charge on any atom is -0.461 e. The number of benzene rings is 1. The molecule has 38 heavy (non-hydrogen) atoms. The Morgan fingerprint density at radius 3 is 2.00 bits per heavy atom. The second kappa shape index (κ2) is 13.8. The van der Waals surface area contributed by atoms with E-state index in [4.69, 9.17) is 9.15 Å². The fraction of sp³-hybridized carbons (Fsp3) is 0.517. The van der Waals surface area contributed by atoms with Gasteiger partial charge >= 0.3 is 6.09 Å². The molecule has 0 unspecified atom stereocenters. The zero-order valence-electron chi connectivity index (χ0n) is 23.4. The molecule has 9 nitrogen and oxygen atoms in total. The fourth-order valence-electron chi connectivity index (χ4n) is 3.84. The van der Waals surface area contributed by atoms with Crippen molar-refractivity contribution in [3.8, 4) is 0 Å². The molecule has 0 spiro atoms. The molecule has 0 aliphatic rings. The molecule has 0 fully saturated rings. The second-order valence-electron chi connectivity index (χ2n) is 11.2. The predicted octanol–water partition coefficient (Wildman–Crippen LogP) is 4.27. The number of furan rings is 1. The largest absolute Gasteiger partial charge is 0.461 e. The maximum Gasteiger partial charge on any atom is 0.408 e. The zero-order chi connectivity index (χ0) is 28.5. The van der Waals surface area contributed by atoms with Crippen LogP contribution in [0.4, 0.5) is 4.79 Å². The Kier molecular flexibility index (Phi) is 11.1. The smallest absolute Gasteiger partial charge is 0.408 e. The van der Waals surface area contributed by atoms with Crippen molar-refractivity contribution in [2.24, 2.45) is 11.8 Å². The molecule has 0 aliphatic carbocycles. The molecule has 0 saturated carbocycles. The van der Waals surface area contributed by atoms with E-state index in [1.807, 2.05) is 58.0 Å². The van der Waals surface area contributed by atoms with E-state index >= 15 is 0 Å². The molecular weight excluding hydrogens is 486 g/mol. The number of alkyl carbamates (subject to hydrolysis) is 1.